The molecule has 6 nitrogen and oxygen atoms in total. The Hall–Kier alpha value is -3.06. The molecule has 1 aliphatic heterocycles. The Balaban J connectivity index is 1.52. The summed E-state index contributed by atoms with van der Waals surface area (Å²) in [7, 11) is 0. The molecule has 3 aromatic rings. The summed E-state index contributed by atoms with van der Waals surface area (Å²) in [6.45, 7) is 4.34. The van der Waals surface area contributed by atoms with Crippen LogP contribution >= 0.6 is 11.3 Å². The van der Waals surface area contributed by atoms with Gasteiger partial charge in [-0.05, 0) is 37.1 Å². The molecule has 1 aromatic heterocycles. The van der Waals surface area contributed by atoms with E-state index in [1.807, 2.05) is 25.1 Å². The van der Waals surface area contributed by atoms with Gasteiger partial charge in [-0.15, -0.1) is 0 Å². The topological polar surface area (TPSA) is 83.5 Å². The number of hydrogen-bond donors (Lipinski definition) is 3. The quantitative estimate of drug-likeness (QED) is 0.624. The summed E-state index contributed by atoms with van der Waals surface area (Å²) >= 11 is 1.26. The van der Waals surface area contributed by atoms with Crippen molar-refractivity contribution in [3.8, 4) is 11.5 Å². The normalized spacial score (nSPS) is 12.4. The number of aromatic nitrogens is 1. The van der Waals surface area contributed by atoms with Gasteiger partial charge >= 0.3 is 0 Å². The smallest absolute Gasteiger partial charge is 0.267 e. The van der Waals surface area contributed by atoms with Crippen LogP contribution in [0.25, 0.3) is 0 Å². The monoisotopic (exact) mass is 381 g/mol. The third-order valence-corrected chi connectivity index (χ3v) is 5.48. The summed E-state index contributed by atoms with van der Waals surface area (Å²) in [6, 6.07) is 9.35. The van der Waals surface area contributed by atoms with Gasteiger partial charge in [0, 0.05) is 12.0 Å². The molecule has 0 unspecified atom stereocenters. The number of phenols is 1. The fourth-order valence-electron chi connectivity index (χ4n) is 3.07. The second kappa shape index (κ2) is 6.92. The van der Waals surface area contributed by atoms with Crippen molar-refractivity contribution in [2.75, 3.05) is 17.2 Å². The summed E-state index contributed by atoms with van der Waals surface area (Å²) in [5, 5.41) is 16.6. The number of para-hydroxylation sites is 1. The van der Waals surface area contributed by atoms with Crippen LogP contribution in [0, 0.1) is 13.8 Å². The Morgan fingerprint density at radius 1 is 1.26 bits per heavy atom. The van der Waals surface area contributed by atoms with Crippen LogP contribution in [-0.2, 0) is 6.42 Å². The molecule has 1 amide bonds. The molecule has 0 spiro atoms. The number of ether oxygens (including phenoxy) is 1. The molecular formula is C20H19N3O3S. The number of aryl methyl sites for hydroxylation is 1. The van der Waals surface area contributed by atoms with Gasteiger partial charge in [-0.25, -0.2) is 4.98 Å². The fourth-order valence-corrected chi connectivity index (χ4v) is 3.79. The Kier molecular flexibility index (Phi) is 4.45. The van der Waals surface area contributed by atoms with E-state index >= 15 is 0 Å². The van der Waals surface area contributed by atoms with Crippen molar-refractivity contribution in [1.29, 1.82) is 0 Å². The first-order chi connectivity index (χ1) is 13.0. The van der Waals surface area contributed by atoms with E-state index < -0.39 is 0 Å². The lowest BCUT2D eigenvalue weighted by Gasteiger charge is -2.12. The summed E-state index contributed by atoms with van der Waals surface area (Å²) in [6.07, 6.45) is 2.44. The molecule has 0 atom stereocenters. The van der Waals surface area contributed by atoms with Gasteiger partial charge < -0.3 is 20.5 Å². The molecule has 0 aliphatic carbocycles. The van der Waals surface area contributed by atoms with E-state index in [1.165, 1.54) is 16.9 Å². The molecule has 2 heterocycles. The van der Waals surface area contributed by atoms with Crippen LogP contribution in [0.4, 0.5) is 16.5 Å². The maximum atomic E-state index is 12.6. The van der Waals surface area contributed by atoms with Crippen molar-refractivity contribution in [2.24, 2.45) is 0 Å². The lowest BCUT2D eigenvalue weighted by Crippen LogP contribution is -2.12. The summed E-state index contributed by atoms with van der Waals surface area (Å²) in [5.41, 5.74) is 4.18. The van der Waals surface area contributed by atoms with Crippen LogP contribution in [0.1, 0.15) is 26.4 Å². The highest BCUT2D eigenvalue weighted by Gasteiger charge is 2.18. The Morgan fingerprint density at radius 3 is 2.96 bits per heavy atom. The van der Waals surface area contributed by atoms with Gasteiger partial charge in [0.2, 0.25) is 0 Å². The first-order valence-corrected chi connectivity index (χ1v) is 9.42. The van der Waals surface area contributed by atoms with Gasteiger partial charge in [-0.1, -0.05) is 29.5 Å². The number of carbonyl (C=O) groups is 1. The summed E-state index contributed by atoms with van der Waals surface area (Å²) in [4.78, 5) is 17.4. The average Bonchev–Trinajstić information content (AvgIpc) is 3.32. The van der Waals surface area contributed by atoms with Crippen molar-refractivity contribution in [1.82, 2.24) is 4.98 Å². The standard InChI is InChI=1S/C20H19N3O3S/c1-11-6-7-15(24)12(2)17(11)23-19(25)16-10-21-20(27-16)22-14-5-3-4-13-8-9-26-18(13)14/h3-7,10,24H,8-9H2,1-2H3,(H,21,22)(H,23,25). The van der Waals surface area contributed by atoms with Crippen molar-refractivity contribution in [3.05, 3.63) is 58.1 Å². The maximum Gasteiger partial charge on any atom is 0.267 e. The zero-order valence-electron chi connectivity index (χ0n) is 15.0. The van der Waals surface area contributed by atoms with Crippen LogP contribution in [0.2, 0.25) is 0 Å². The number of phenolic OH excluding ortho intramolecular Hbond substituents is 1. The molecule has 2 aromatic carbocycles. The van der Waals surface area contributed by atoms with Gasteiger partial charge in [-0.3, -0.25) is 4.79 Å². The number of nitrogens with one attached hydrogen (secondary N) is 2. The van der Waals surface area contributed by atoms with E-state index in [2.05, 4.69) is 15.6 Å². The van der Waals surface area contributed by atoms with Crippen molar-refractivity contribution in [2.45, 2.75) is 20.3 Å². The molecule has 138 valence electrons. The zero-order chi connectivity index (χ0) is 19.0. The zero-order valence-corrected chi connectivity index (χ0v) is 15.8. The van der Waals surface area contributed by atoms with Crippen LogP contribution in [0.3, 0.4) is 0 Å². The number of hydrogen-bond acceptors (Lipinski definition) is 6. The van der Waals surface area contributed by atoms with Gasteiger partial charge in [0.15, 0.2) is 5.13 Å². The van der Waals surface area contributed by atoms with Gasteiger partial charge in [0.25, 0.3) is 5.91 Å². The van der Waals surface area contributed by atoms with E-state index in [0.29, 0.717) is 27.9 Å². The molecule has 4 rings (SSSR count). The van der Waals surface area contributed by atoms with Crippen LogP contribution < -0.4 is 15.4 Å². The van der Waals surface area contributed by atoms with Crippen LogP contribution in [0.5, 0.6) is 11.5 Å². The highest BCUT2D eigenvalue weighted by Crippen LogP contribution is 2.36. The van der Waals surface area contributed by atoms with E-state index in [-0.39, 0.29) is 11.7 Å². The minimum absolute atomic E-state index is 0.153. The maximum absolute atomic E-state index is 12.6. The third-order valence-electron chi connectivity index (χ3n) is 4.57. The number of rotatable bonds is 4. The predicted octanol–water partition coefficient (Wildman–Crippen LogP) is 4.40. The number of aromatic hydroxyl groups is 1. The first kappa shape index (κ1) is 17.4. The molecule has 0 saturated heterocycles. The SMILES string of the molecule is Cc1ccc(O)c(C)c1NC(=O)c1cnc(Nc2cccc3c2OCC3)s1. The Bertz CT molecular complexity index is 1030. The predicted molar refractivity (Wildman–Crippen MR) is 107 cm³/mol. The van der Waals surface area contributed by atoms with Gasteiger partial charge in [0.05, 0.1) is 24.2 Å². The molecule has 7 heteroatoms. The van der Waals surface area contributed by atoms with E-state index in [0.717, 1.165) is 23.4 Å². The number of nitrogens with zero attached hydrogens (tertiary/aromatic N) is 1. The number of fused-ring (bicyclic) bond motifs is 1. The second-order valence-electron chi connectivity index (χ2n) is 6.40. The van der Waals surface area contributed by atoms with E-state index in [1.54, 1.807) is 25.3 Å². The molecule has 3 N–H and O–H groups in total. The number of benzene rings is 2. The molecule has 0 radical (unpaired) electrons. The number of amides is 1. The molecule has 27 heavy (non-hydrogen) atoms. The van der Waals surface area contributed by atoms with Crippen molar-refractivity contribution >= 4 is 33.8 Å². The Morgan fingerprint density at radius 2 is 2.11 bits per heavy atom. The molecule has 0 bridgehead atoms. The second-order valence-corrected chi connectivity index (χ2v) is 7.43. The molecule has 1 aliphatic rings. The number of thiazole rings is 1. The van der Waals surface area contributed by atoms with Crippen LogP contribution in [0.15, 0.2) is 36.5 Å². The summed E-state index contributed by atoms with van der Waals surface area (Å²) < 4.78 is 5.68. The minimum atomic E-state index is -0.258. The van der Waals surface area contributed by atoms with E-state index in [9.17, 15) is 9.90 Å². The third kappa shape index (κ3) is 3.33. The minimum Gasteiger partial charge on any atom is -0.508 e. The first-order valence-electron chi connectivity index (χ1n) is 8.61. The highest BCUT2D eigenvalue weighted by atomic mass is 32.1. The number of carbonyl (C=O) groups excluding carboxylic acids is 1. The lowest BCUT2D eigenvalue weighted by atomic mass is 10.1. The van der Waals surface area contributed by atoms with Crippen LogP contribution in [-0.4, -0.2) is 22.6 Å². The van der Waals surface area contributed by atoms with Gasteiger partial charge in [0.1, 0.15) is 16.4 Å². The molecule has 0 fully saturated rings. The van der Waals surface area contributed by atoms with Crippen molar-refractivity contribution in [3.63, 3.8) is 0 Å². The average molecular weight is 381 g/mol. The lowest BCUT2D eigenvalue weighted by molar-refractivity contribution is 0.103. The Labute approximate surface area is 160 Å². The molecular weight excluding hydrogens is 362 g/mol. The number of anilines is 3. The molecule has 0 saturated carbocycles. The fraction of sp³-hybridized carbons (Fsp3) is 0.200. The highest BCUT2D eigenvalue weighted by molar-refractivity contribution is 7.17. The van der Waals surface area contributed by atoms with Gasteiger partial charge in [-0.2, -0.15) is 0 Å². The van der Waals surface area contributed by atoms with E-state index in [4.69, 9.17) is 4.74 Å². The van der Waals surface area contributed by atoms with Crippen molar-refractivity contribution < 1.29 is 14.6 Å². The summed E-state index contributed by atoms with van der Waals surface area (Å²) in [5.74, 6) is 0.747. The largest absolute Gasteiger partial charge is 0.508 e.